The van der Waals surface area contributed by atoms with Crippen molar-refractivity contribution in [3.8, 4) is 5.75 Å². The van der Waals surface area contributed by atoms with E-state index in [4.69, 9.17) is 16.3 Å². The van der Waals surface area contributed by atoms with Gasteiger partial charge in [0.1, 0.15) is 17.4 Å². The SMILES string of the molecule is O=C(COc1ccc(F)c(Cl)c1)NC1CCC(Nc2ccc3ccccc3n2)CC1. The van der Waals surface area contributed by atoms with Gasteiger partial charge in [0.25, 0.3) is 5.91 Å². The highest BCUT2D eigenvalue weighted by molar-refractivity contribution is 6.30. The molecule has 0 unspecified atom stereocenters. The van der Waals surface area contributed by atoms with Gasteiger partial charge in [-0.25, -0.2) is 9.37 Å². The standard InChI is InChI=1S/C23H23ClFN3O2/c24-19-13-18(10-11-20(19)25)30-14-23(29)27-17-8-6-16(7-9-17)26-22-12-5-15-3-1-2-4-21(15)28-22/h1-5,10-13,16-17H,6-9,14H2,(H,26,28)(H,27,29). The van der Waals surface area contributed by atoms with Crippen LogP contribution in [-0.4, -0.2) is 29.6 Å². The lowest BCUT2D eigenvalue weighted by Gasteiger charge is -2.30. The number of halogens is 2. The number of carbonyl (C=O) groups is 1. The largest absolute Gasteiger partial charge is 0.484 e. The zero-order chi connectivity index (χ0) is 20.9. The summed E-state index contributed by atoms with van der Waals surface area (Å²) in [6, 6.07) is 16.6. The van der Waals surface area contributed by atoms with Crippen molar-refractivity contribution in [2.24, 2.45) is 0 Å². The molecule has 1 aliphatic carbocycles. The van der Waals surface area contributed by atoms with E-state index in [2.05, 4.69) is 21.7 Å². The van der Waals surface area contributed by atoms with Crippen LogP contribution in [0.15, 0.2) is 54.6 Å². The first kappa shape index (κ1) is 20.4. The Labute approximate surface area is 179 Å². The first-order valence-corrected chi connectivity index (χ1v) is 10.4. The molecule has 0 aliphatic heterocycles. The van der Waals surface area contributed by atoms with Crippen molar-refractivity contribution < 1.29 is 13.9 Å². The molecular formula is C23H23ClFN3O2. The quantitative estimate of drug-likeness (QED) is 0.584. The van der Waals surface area contributed by atoms with Gasteiger partial charge in [0, 0.05) is 23.5 Å². The van der Waals surface area contributed by atoms with Crippen molar-refractivity contribution >= 4 is 34.2 Å². The first-order chi connectivity index (χ1) is 14.6. The molecule has 0 bridgehead atoms. The molecule has 2 N–H and O–H groups in total. The maximum absolute atomic E-state index is 13.2. The van der Waals surface area contributed by atoms with E-state index in [-0.39, 0.29) is 23.6 Å². The van der Waals surface area contributed by atoms with Crippen LogP contribution >= 0.6 is 11.6 Å². The second kappa shape index (κ2) is 9.30. The van der Waals surface area contributed by atoms with Crippen LogP contribution in [0.5, 0.6) is 5.75 Å². The van der Waals surface area contributed by atoms with Gasteiger partial charge in [-0.05, 0) is 56.0 Å². The summed E-state index contributed by atoms with van der Waals surface area (Å²) >= 11 is 5.72. The number of aromatic nitrogens is 1. The molecule has 0 saturated heterocycles. The van der Waals surface area contributed by atoms with Crippen molar-refractivity contribution in [1.82, 2.24) is 10.3 Å². The summed E-state index contributed by atoms with van der Waals surface area (Å²) in [5.41, 5.74) is 0.978. The second-order valence-electron chi connectivity index (χ2n) is 7.51. The van der Waals surface area contributed by atoms with E-state index in [1.807, 2.05) is 30.3 Å². The van der Waals surface area contributed by atoms with Gasteiger partial charge in [-0.15, -0.1) is 0 Å². The van der Waals surface area contributed by atoms with Gasteiger partial charge in [0.05, 0.1) is 10.5 Å². The van der Waals surface area contributed by atoms with E-state index in [0.29, 0.717) is 11.8 Å². The molecule has 156 valence electrons. The fourth-order valence-corrected chi connectivity index (χ4v) is 3.89. The van der Waals surface area contributed by atoms with Gasteiger partial charge in [-0.2, -0.15) is 0 Å². The van der Waals surface area contributed by atoms with Crippen LogP contribution in [-0.2, 0) is 4.79 Å². The van der Waals surface area contributed by atoms with Crippen molar-refractivity contribution in [3.63, 3.8) is 0 Å². The Hall–Kier alpha value is -2.86. The summed E-state index contributed by atoms with van der Waals surface area (Å²) in [6.45, 7) is -0.124. The number of benzene rings is 2. The van der Waals surface area contributed by atoms with Crippen LogP contribution in [0.3, 0.4) is 0 Å². The molecule has 4 rings (SSSR count). The summed E-state index contributed by atoms with van der Waals surface area (Å²) in [5.74, 6) is 0.542. The highest BCUT2D eigenvalue weighted by Crippen LogP contribution is 2.24. The van der Waals surface area contributed by atoms with Crippen LogP contribution in [0.1, 0.15) is 25.7 Å². The van der Waals surface area contributed by atoms with Gasteiger partial charge in [0.15, 0.2) is 6.61 Å². The average molecular weight is 428 g/mol. The number of fused-ring (bicyclic) bond motifs is 1. The highest BCUT2D eigenvalue weighted by Gasteiger charge is 2.22. The maximum Gasteiger partial charge on any atom is 0.258 e. The Morgan fingerprint density at radius 3 is 2.63 bits per heavy atom. The molecule has 0 spiro atoms. The Balaban J connectivity index is 1.22. The lowest BCUT2D eigenvalue weighted by atomic mass is 9.91. The Kier molecular flexibility index (Phi) is 6.33. The summed E-state index contributed by atoms with van der Waals surface area (Å²) in [4.78, 5) is 16.8. The molecule has 3 aromatic rings. The molecule has 2 aromatic carbocycles. The molecule has 1 fully saturated rings. The molecule has 0 atom stereocenters. The van der Waals surface area contributed by atoms with E-state index in [1.54, 1.807) is 0 Å². The lowest BCUT2D eigenvalue weighted by molar-refractivity contribution is -0.124. The third-order valence-electron chi connectivity index (χ3n) is 5.30. The van der Waals surface area contributed by atoms with Gasteiger partial charge in [0.2, 0.25) is 0 Å². The van der Waals surface area contributed by atoms with Gasteiger partial charge in [-0.3, -0.25) is 4.79 Å². The molecule has 1 aliphatic rings. The fourth-order valence-electron chi connectivity index (χ4n) is 3.72. The number of anilines is 1. The lowest BCUT2D eigenvalue weighted by Crippen LogP contribution is -2.42. The number of nitrogens with one attached hydrogen (secondary N) is 2. The zero-order valence-corrected chi connectivity index (χ0v) is 17.2. The van der Waals surface area contributed by atoms with Crippen molar-refractivity contribution in [2.75, 3.05) is 11.9 Å². The fraction of sp³-hybridized carbons (Fsp3) is 0.304. The minimum atomic E-state index is -0.516. The van der Waals surface area contributed by atoms with E-state index >= 15 is 0 Å². The normalized spacial score (nSPS) is 18.7. The van der Waals surface area contributed by atoms with Crippen molar-refractivity contribution in [3.05, 3.63) is 65.4 Å². The molecule has 1 amide bonds. The van der Waals surface area contributed by atoms with Crippen LogP contribution < -0.4 is 15.4 Å². The monoisotopic (exact) mass is 427 g/mol. The Bertz CT molecular complexity index is 1040. The summed E-state index contributed by atoms with van der Waals surface area (Å²) < 4.78 is 18.6. The Morgan fingerprint density at radius 1 is 1.07 bits per heavy atom. The van der Waals surface area contributed by atoms with Crippen LogP contribution in [0.25, 0.3) is 10.9 Å². The van der Waals surface area contributed by atoms with Gasteiger partial charge in [-0.1, -0.05) is 29.8 Å². The molecular weight excluding hydrogens is 405 g/mol. The predicted octanol–water partition coefficient (Wildman–Crippen LogP) is 4.95. The number of carbonyl (C=O) groups excluding carboxylic acids is 1. The summed E-state index contributed by atoms with van der Waals surface area (Å²) in [5, 5.41) is 7.62. The second-order valence-corrected chi connectivity index (χ2v) is 7.92. The van der Waals surface area contributed by atoms with Crippen LogP contribution in [0.4, 0.5) is 10.2 Å². The highest BCUT2D eigenvalue weighted by atomic mass is 35.5. The van der Waals surface area contributed by atoms with Crippen LogP contribution in [0, 0.1) is 5.82 Å². The third-order valence-corrected chi connectivity index (χ3v) is 5.59. The topological polar surface area (TPSA) is 63.2 Å². The van der Waals surface area contributed by atoms with Gasteiger partial charge >= 0.3 is 0 Å². The molecule has 1 aromatic heterocycles. The van der Waals surface area contributed by atoms with Crippen LogP contribution in [0.2, 0.25) is 5.02 Å². The molecule has 1 heterocycles. The minimum absolute atomic E-state index is 0.0281. The molecule has 0 radical (unpaired) electrons. The number of nitrogens with zero attached hydrogens (tertiary/aromatic N) is 1. The Morgan fingerprint density at radius 2 is 1.83 bits per heavy atom. The smallest absolute Gasteiger partial charge is 0.258 e. The van der Waals surface area contributed by atoms with Gasteiger partial charge < -0.3 is 15.4 Å². The average Bonchev–Trinajstić information content (AvgIpc) is 2.76. The summed E-state index contributed by atoms with van der Waals surface area (Å²) in [7, 11) is 0. The summed E-state index contributed by atoms with van der Waals surface area (Å²) in [6.07, 6.45) is 3.68. The minimum Gasteiger partial charge on any atom is -0.484 e. The number of para-hydroxylation sites is 1. The number of rotatable bonds is 6. The van der Waals surface area contributed by atoms with E-state index in [9.17, 15) is 9.18 Å². The molecule has 30 heavy (non-hydrogen) atoms. The zero-order valence-electron chi connectivity index (χ0n) is 16.4. The number of hydrogen-bond acceptors (Lipinski definition) is 4. The molecule has 5 nitrogen and oxygen atoms in total. The van der Waals surface area contributed by atoms with Crippen molar-refractivity contribution in [2.45, 2.75) is 37.8 Å². The number of amides is 1. The molecule has 7 heteroatoms. The van der Waals surface area contributed by atoms with Crippen molar-refractivity contribution in [1.29, 1.82) is 0 Å². The molecule has 1 saturated carbocycles. The number of ether oxygens (including phenoxy) is 1. The maximum atomic E-state index is 13.2. The number of hydrogen-bond donors (Lipinski definition) is 2. The van der Waals surface area contributed by atoms with E-state index in [1.165, 1.54) is 18.2 Å². The number of pyridine rings is 1. The van der Waals surface area contributed by atoms with E-state index in [0.717, 1.165) is 42.4 Å². The first-order valence-electron chi connectivity index (χ1n) is 10.1. The van der Waals surface area contributed by atoms with E-state index < -0.39 is 5.82 Å². The predicted molar refractivity (Wildman–Crippen MR) is 116 cm³/mol. The third kappa shape index (κ3) is 5.19.